The quantitative estimate of drug-likeness (QED) is 0.506. The first-order chi connectivity index (χ1) is 14.2. The van der Waals surface area contributed by atoms with Gasteiger partial charge in [-0.2, -0.15) is 5.26 Å². The van der Waals surface area contributed by atoms with E-state index in [0.29, 0.717) is 13.1 Å². The summed E-state index contributed by atoms with van der Waals surface area (Å²) in [4.78, 5) is 17.1. The van der Waals surface area contributed by atoms with Crippen LogP contribution < -0.4 is 4.90 Å². The molecule has 2 aromatic carbocycles. The molecular weight excluding hydrogens is 360 g/mol. The van der Waals surface area contributed by atoms with Crippen LogP contribution in [-0.2, 0) is 11.3 Å². The standard InChI is InChI=1S/C24H24N4O/c1-2-26-18-20(22-10-6-7-11-23(22)26)16-19(17-25)24(29)28-14-12-27(13-15-28)21-8-4-3-5-9-21/h3-11,16,18H,2,12-15H2,1H3/b19-16-. The summed E-state index contributed by atoms with van der Waals surface area (Å²) in [5, 5.41) is 10.7. The van der Waals surface area contributed by atoms with Crippen molar-refractivity contribution in [1.82, 2.24) is 9.47 Å². The number of hydrogen-bond acceptors (Lipinski definition) is 3. The first-order valence-corrected chi connectivity index (χ1v) is 10.00. The highest BCUT2D eigenvalue weighted by Crippen LogP contribution is 2.24. The van der Waals surface area contributed by atoms with Crippen LogP contribution in [0.4, 0.5) is 5.69 Å². The van der Waals surface area contributed by atoms with Crippen LogP contribution in [0.3, 0.4) is 0 Å². The molecule has 5 heteroatoms. The Bertz CT molecular complexity index is 1080. The molecule has 0 spiro atoms. The van der Waals surface area contributed by atoms with E-state index in [1.54, 1.807) is 11.0 Å². The molecule has 1 aliphatic heterocycles. The zero-order valence-electron chi connectivity index (χ0n) is 16.6. The zero-order valence-corrected chi connectivity index (χ0v) is 16.6. The van der Waals surface area contributed by atoms with Crippen molar-refractivity contribution in [3.63, 3.8) is 0 Å². The number of piperazine rings is 1. The predicted molar refractivity (Wildman–Crippen MR) is 116 cm³/mol. The summed E-state index contributed by atoms with van der Waals surface area (Å²) < 4.78 is 2.14. The summed E-state index contributed by atoms with van der Waals surface area (Å²) in [6, 6.07) is 20.4. The second-order valence-electron chi connectivity index (χ2n) is 7.17. The molecule has 2 heterocycles. The lowest BCUT2D eigenvalue weighted by atomic mass is 10.1. The van der Waals surface area contributed by atoms with Crippen LogP contribution in [0.5, 0.6) is 0 Å². The van der Waals surface area contributed by atoms with Crippen LogP contribution in [0, 0.1) is 11.3 Å². The van der Waals surface area contributed by atoms with Gasteiger partial charge in [0.05, 0.1) is 0 Å². The third-order valence-electron chi connectivity index (χ3n) is 5.50. The lowest BCUT2D eigenvalue weighted by Crippen LogP contribution is -2.49. The van der Waals surface area contributed by atoms with Gasteiger partial charge >= 0.3 is 0 Å². The number of rotatable bonds is 4. The van der Waals surface area contributed by atoms with Crippen molar-refractivity contribution in [2.24, 2.45) is 0 Å². The van der Waals surface area contributed by atoms with Gasteiger partial charge in [-0.3, -0.25) is 4.79 Å². The van der Waals surface area contributed by atoms with Gasteiger partial charge in [-0.25, -0.2) is 0 Å². The molecule has 1 aliphatic rings. The summed E-state index contributed by atoms with van der Waals surface area (Å²) in [7, 11) is 0. The van der Waals surface area contributed by atoms with Crippen LogP contribution in [0.25, 0.3) is 17.0 Å². The molecule has 146 valence electrons. The van der Waals surface area contributed by atoms with Crippen LogP contribution in [0.1, 0.15) is 12.5 Å². The van der Waals surface area contributed by atoms with E-state index >= 15 is 0 Å². The monoisotopic (exact) mass is 384 g/mol. The molecule has 4 rings (SSSR count). The largest absolute Gasteiger partial charge is 0.368 e. The van der Waals surface area contributed by atoms with Gasteiger partial charge in [-0.15, -0.1) is 0 Å². The summed E-state index contributed by atoms with van der Waals surface area (Å²) >= 11 is 0. The number of hydrogen-bond donors (Lipinski definition) is 0. The van der Waals surface area contributed by atoms with E-state index in [2.05, 4.69) is 40.7 Å². The lowest BCUT2D eigenvalue weighted by molar-refractivity contribution is -0.126. The molecule has 3 aromatic rings. The van der Waals surface area contributed by atoms with Crippen molar-refractivity contribution in [3.05, 3.63) is 71.9 Å². The van der Waals surface area contributed by atoms with Crippen LogP contribution in [0.2, 0.25) is 0 Å². The number of anilines is 1. The number of fused-ring (bicyclic) bond motifs is 1. The Hall–Kier alpha value is -3.52. The number of carbonyl (C=O) groups is 1. The first kappa shape index (κ1) is 18.8. The molecule has 1 fully saturated rings. The van der Waals surface area contributed by atoms with E-state index in [-0.39, 0.29) is 11.5 Å². The Morgan fingerprint density at radius 2 is 1.72 bits per heavy atom. The number of para-hydroxylation sites is 2. The third-order valence-corrected chi connectivity index (χ3v) is 5.50. The van der Waals surface area contributed by atoms with E-state index in [0.717, 1.165) is 36.1 Å². The molecule has 0 saturated carbocycles. The highest BCUT2D eigenvalue weighted by molar-refractivity contribution is 6.04. The second kappa shape index (κ2) is 8.24. The predicted octanol–water partition coefficient (Wildman–Crippen LogP) is 3.92. The fraction of sp³-hybridized carbons (Fsp3) is 0.250. The smallest absolute Gasteiger partial charge is 0.264 e. The number of aryl methyl sites for hydroxylation is 1. The van der Waals surface area contributed by atoms with Gasteiger partial charge < -0.3 is 14.4 Å². The number of nitrogens with zero attached hydrogens (tertiary/aromatic N) is 4. The Kier molecular flexibility index (Phi) is 5.35. The summed E-state index contributed by atoms with van der Waals surface area (Å²) in [5.41, 5.74) is 3.39. The normalized spacial score (nSPS) is 14.8. The van der Waals surface area contributed by atoms with Gasteiger partial charge in [0.15, 0.2) is 0 Å². The molecule has 1 aromatic heterocycles. The fourth-order valence-corrected chi connectivity index (χ4v) is 3.93. The highest BCUT2D eigenvalue weighted by atomic mass is 16.2. The molecule has 0 unspecified atom stereocenters. The fourth-order valence-electron chi connectivity index (χ4n) is 3.93. The van der Waals surface area contributed by atoms with Gasteiger partial charge in [-0.05, 0) is 31.2 Å². The minimum Gasteiger partial charge on any atom is -0.368 e. The minimum absolute atomic E-state index is 0.187. The third kappa shape index (κ3) is 3.74. The number of benzene rings is 2. The lowest BCUT2D eigenvalue weighted by Gasteiger charge is -2.36. The molecule has 0 radical (unpaired) electrons. The van der Waals surface area contributed by atoms with Gasteiger partial charge in [-0.1, -0.05) is 36.4 Å². The van der Waals surface area contributed by atoms with E-state index in [1.807, 2.05) is 42.6 Å². The molecule has 29 heavy (non-hydrogen) atoms. The second-order valence-corrected chi connectivity index (χ2v) is 7.17. The van der Waals surface area contributed by atoms with Crippen LogP contribution in [-0.4, -0.2) is 41.6 Å². The molecular formula is C24H24N4O. The van der Waals surface area contributed by atoms with Crippen molar-refractivity contribution in [1.29, 1.82) is 5.26 Å². The molecule has 1 saturated heterocycles. The Balaban J connectivity index is 1.53. The average Bonchev–Trinajstić information content (AvgIpc) is 3.15. The zero-order chi connectivity index (χ0) is 20.2. The highest BCUT2D eigenvalue weighted by Gasteiger charge is 2.24. The maximum Gasteiger partial charge on any atom is 0.264 e. The molecule has 1 amide bonds. The topological polar surface area (TPSA) is 52.3 Å². The Morgan fingerprint density at radius 3 is 2.41 bits per heavy atom. The van der Waals surface area contributed by atoms with Crippen molar-refractivity contribution in [2.45, 2.75) is 13.5 Å². The van der Waals surface area contributed by atoms with Crippen molar-refractivity contribution in [2.75, 3.05) is 31.1 Å². The average molecular weight is 384 g/mol. The molecule has 0 bridgehead atoms. The SMILES string of the molecule is CCn1cc(/C=C(/C#N)C(=O)N2CCN(c3ccccc3)CC2)c2ccccc21. The maximum atomic E-state index is 13.0. The summed E-state index contributed by atoms with van der Waals surface area (Å²) in [6.45, 7) is 5.69. The molecule has 0 atom stereocenters. The summed E-state index contributed by atoms with van der Waals surface area (Å²) in [6.07, 6.45) is 3.75. The first-order valence-electron chi connectivity index (χ1n) is 10.00. The maximum absolute atomic E-state index is 13.0. The van der Waals surface area contributed by atoms with E-state index in [9.17, 15) is 10.1 Å². The number of amides is 1. The van der Waals surface area contributed by atoms with E-state index in [1.165, 1.54) is 5.69 Å². The summed E-state index contributed by atoms with van der Waals surface area (Å²) in [5.74, 6) is -0.187. The van der Waals surface area contributed by atoms with Crippen molar-refractivity contribution >= 4 is 28.6 Å². The van der Waals surface area contributed by atoms with Crippen molar-refractivity contribution in [3.8, 4) is 6.07 Å². The number of nitriles is 1. The van der Waals surface area contributed by atoms with Gasteiger partial charge in [0, 0.05) is 61.1 Å². The Labute approximate surface area is 171 Å². The van der Waals surface area contributed by atoms with E-state index in [4.69, 9.17) is 0 Å². The van der Waals surface area contributed by atoms with Crippen molar-refractivity contribution < 1.29 is 4.79 Å². The molecule has 5 nitrogen and oxygen atoms in total. The minimum atomic E-state index is -0.187. The van der Waals surface area contributed by atoms with Crippen LogP contribution >= 0.6 is 0 Å². The van der Waals surface area contributed by atoms with Gasteiger partial charge in [0.1, 0.15) is 11.6 Å². The number of carbonyl (C=O) groups excluding carboxylic acids is 1. The molecule has 0 aliphatic carbocycles. The van der Waals surface area contributed by atoms with E-state index < -0.39 is 0 Å². The van der Waals surface area contributed by atoms with Gasteiger partial charge in [0.2, 0.25) is 0 Å². The molecule has 0 N–H and O–H groups in total. The van der Waals surface area contributed by atoms with Crippen LogP contribution in [0.15, 0.2) is 66.4 Å². The Morgan fingerprint density at radius 1 is 1.03 bits per heavy atom. The van der Waals surface area contributed by atoms with Gasteiger partial charge in [0.25, 0.3) is 5.91 Å². The number of aromatic nitrogens is 1.